The molecule has 1 unspecified atom stereocenters. The molecule has 4 nitrogen and oxygen atoms in total. The van der Waals surface area contributed by atoms with Crippen LogP contribution in [0, 0.1) is 18.6 Å². The van der Waals surface area contributed by atoms with Crippen LogP contribution in [-0.2, 0) is 0 Å². The second kappa shape index (κ2) is 4.64. The maximum absolute atomic E-state index is 13.5. The number of benzene rings is 1. The van der Waals surface area contributed by atoms with Gasteiger partial charge in [0.1, 0.15) is 0 Å². The van der Waals surface area contributed by atoms with Gasteiger partial charge in [-0.15, -0.1) is 0 Å². The van der Waals surface area contributed by atoms with Crippen molar-refractivity contribution in [3.05, 3.63) is 41.3 Å². The minimum atomic E-state index is -1.11. The molecule has 18 heavy (non-hydrogen) atoms. The van der Waals surface area contributed by atoms with Crippen LogP contribution in [0.1, 0.15) is 24.5 Å². The number of aromatic nitrogens is 1. The molecule has 0 saturated heterocycles. The Balaban J connectivity index is 2.27. The number of nitrogens with two attached hydrogens (primary N) is 1. The first-order valence-corrected chi connectivity index (χ1v) is 5.32. The summed E-state index contributed by atoms with van der Waals surface area (Å²) in [7, 11) is 0. The van der Waals surface area contributed by atoms with Gasteiger partial charge in [0, 0.05) is 6.07 Å². The summed E-state index contributed by atoms with van der Waals surface area (Å²) in [6.07, 6.45) is -0.621. The molecule has 6 heteroatoms. The lowest BCUT2D eigenvalue weighted by Crippen LogP contribution is -2.06. The van der Waals surface area contributed by atoms with Crippen molar-refractivity contribution in [1.29, 1.82) is 0 Å². The Bertz CT molecular complexity index is 569. The van der Waals surface area contributed by atoms with E-state index in [0.717, 1.165) is 6.07 Å². The summed E-state index contributed by atoms with van der Waals surface area (Å²) in [6, 6.07) is 3.84. The van der Waals surface area contributed by atoms with Crippen LogP contribution >= 0.6 is 0 Å². The van der Waals surface area contributed by atoms with Gasteiger partial charge in [0.05, 0.1) is 11.4 Å². The number of anilines is 1. The van der Waals surface area contributed by atoms with Gasteiger partial charge in [0.25, 0.3) is 0 Å². The molecule has 0 aliphatic rings. The highest BCUT2D eigenvalue weighted by Gasteiger charge is 2.19. The lowest BCUT2D eigenvalue weighted by molar-refractivity contribution is 0.174. The van der Waals surface area contributed by atoms with Crippen molar-refractivity contribution < 1.29 is 18.0 Å². The molecular formula is C12H12F2N2O2. The molecule has 0 amide bonds. The molecule has 0 aliphatic heterocycles. The minimum Gasteiger partial charge on any atom is -0.477 e. The van der Waals surface area contributed by atoms with Gasteiger partial charge in [-0.1, -0.05) is 5.16 Å². The Kier molecular flexibility index (Phi) is 3.18. The monoisotopic (exact) mass is 254 g/mol. The topological polar surface area (TPSA) is 61.3 Å². The van der Waals surface area contributed by atoms with E-state index in [2.05, 4.69) is 5.16 Å². The van der Waals surface area contributed by atoms with Gasteiger partial charge in [0.15, 0.2) is 23.4 Å². The van der Waals surface area contributed by atoms with Crippen LogP contribution in [0.25, 0.3) is 0 Å². The Labute approximate surface area is 102 Å². The van der Waals surface area contributed by atoms with Crippen LogP contribution in [0.5, 0.6) is 5.75 Å². The predicted molar refractivity (Wildman–Crippen MR) is 61.1 cm³/mol. The Morgan fingerprint density at radius 3 is 2.72 bits per heavy atom. The number of rotatable bonds is 3. The molecular weight excluding hydrogens is 242 g/mol. The number of aryl methyl sites for hydroxylation is 1. The fourth-order valence-electron chi connectivity index (χ4n) is 1.48. The number of ether oxygens (including phenoxy) is 1. The summed E-state index contributed by atoms with van der Waals surface area (Å²) >= 11 is 0. The van der Waals surface area contributed by atoms with Crippen molar-refractivity contribution in [1.82, 2.24) is 5.16 Å². The van der Waals surface area contributed by atoms with Crippen molar-refractivity contribution in [3.63, 3.8) is 0 Å². The molecule has 0 aliphatic carbocycles. The third kappa shape index (κ3) is 2.27. The van der Waals surface area contributed by atoms with Gasteiger partial charge in [-0.05, 0) is 26.0 Å². The van der Waals surface area contributed by atoms with Crippen LogP contribution in [0.2, 0.25) is 0 Å². The van der Waals surface area contributed by atoms with E-state index in [9.17, 15) is 8.78 Å². The predicted octanol–water partition coefficient (Wildman–Crippen LogP) is 2.98. The fourth-order valence-corrected chi connectivity index (χ4v) is 1.48. The first kappa shape index (κ1) is 12.3. The Hall–Kier alpha value is -2.11. The zero-order valence-corrected chi connectivity index (χ0v) is 9.91. The maximum atomic E-state index is 13.5. The van der Waals surface area contributed by atoms with Gasteiger partial charge >= 0.3 is 0 Å². The van der Waals surface area contributed by atoms with Crippen LogP contribution < -0.4 is 10.5 Å². The third-order valence-corrected chi connectivity index (χ3v) is 2.42. The second-order valence-corrected chi connectivity index (χ2v) is 3.91. The lowest BCUT2D eigenvalue weighted by atomic mass is 10.2. The lowest BCUT2D eigenvalue weighted by Gasteiger charge is -2.14. The molecule has 0 radical (unpaired) electrons. The zero-order valence-electron chi connectivity index (χ0n) is 9.91. The largest absolute Gasteiger partial charge is 0.477 e. The van der Waals surface area contributed by atoms with Crippen LogP contribution in [0.3, 0.4) is 0 Å². The van der Waals surface area contributed by atoms with Crippen LogP contribution in [0.15, 0.2) is 22.7 Å². The quantitative estimate of drug-likeness (QED) is 0.855. The van der Waals surface area contributed by atoms with Crippen LogP contribution in [0.4, 0.5) is 14.5 Å². The molecule has 1 aromatic heterocycles. The molecule has 2 N–H and O–H groups in total. The zero-order chi connectivity index (χ0) is 13.3. The number of nitrogen functional groups attached to an aromatic ring is 1. The highest BCUT2D eigenvalue weighted by molar-refractivity contribution is 5.53. The van der Waals surface area contributed by atoms with Crippen molar-refractivity contribution in [2.75, 3.05) is 5.73 Å². The molecule has 0 bridgehead atoms. The molecule has 0 saturated carbocycles. The summed E-state index contributed by atoms with van der Waals surface area (Å²) < 4.78 is 36.8. The number of halogens is 2. The van der Waals surface area contributed by atoms with E-state index in [4.69, 9.17) is 15.0 Å². The molecule has 2 rings (SSSR count). The summed E-state index contributed by atoms with van der Waals surface area (Å²) in [5.74, 6) is -2.04. The fraction of sp³-hybridized carbons (Fsp3) is 0.250. The van der Waals surface area contributed by atoms with E-state index in [-0.39, 0.29) is 11.4 Å². The smallest absolute Gasteiger partial charge is 0.202 e. The summed E-state index contributed by atoms with van der Waals surface area (Å²) in [4.78, 5) is 0. The van der Waals surface area contributed by atoms with Gasteiger partial charge in [-0.2, -0.15) is 4.39 Å². The number of nitrogens with zero attached hydrogens (tertiary/aromatic N) is 1. The first-order chi connectivity index (χ1) is 8.49. The minimum absolute atomic E-state index is 0.0250. The molecule has 0 spiro atoms. The summed E-state index contributed by atoms with van der Waals surface area (Å²) in [6.45, 7) is 3.38. The standard InChI is InChI=1S/C12H12F2N2O2/c1-6-5-10(18-16-6)7(2)17-12-9(15)4-3-8(13)11(12)14/h3-5,7H,15H2,1-2H3. The highest BCUT2D eigenvalue weighted by atomic mass is 19.2. The van der Waals surface area contributed by atoms with E-state index in [1.165, 1.54) is 6.07 Å². The number of hydrogen-bond acceptors (Lipinski definition) is 4. The first-order valence-electron chi connectivity index (χ1n) is 5.32. The van der Waals surface area contributed by atoms with Crippen molar-refractivity contribution in [2.24, 2.45) is 0 Å². The average molecular weight is 254 g/mol. The third-order valence-electron chi connectivity index (χ3n) is 2.42. The molecule has 2 aromatic rings. The van der Waals surface area contributed by atoms with Gasteiger partial charge in [0.2, 0.25) is 5.82 Å². The molecule has 0 fully saturated rings. The van der Waals surface area contributed by atoms with E-state index in [1.807, 2.05) is 0 Å². The molecule has 1 aromatic carbocycles. The van der Waals surface area contributed by atoms with Crippen molar-refractivity contribution in [3.8, 4) is 5.75 Å². The normalized spacial score (nSPS) is 12.4. The van der Waals surface area contributed by atoms with E-state index < -0.39 is 17.7 Å². The van der Waals surface area contributed by atoms with Crippen molar-refractivity contribution in [2.45, 2.75) is 20.0 Å². The van der Waals surface area contributed by atoms with E-state index in [1.54, 1.807) is 19.9 Å². The van der Waals surface area contributed by atoms with Gasteiger partial charge in [-0.25, -0.2) is 4.39 Å². The van der Waals surface area contributed by atoms with Gasteiger partial charge < -0.3 is 15.0 Å². The van der Waals surface area contributed by atoms with Crippen molar-refractivity contribution >= 4 is 5.69 Å². The maximum Gasteiger partial charge on any atom is 0.202 e. The van der Waals surface area contributed by atoms with Gasteiger partial charge in [-0.3, -0.25) is 0 Å². The second-order valence-electron chi connectivity index (χ2n) is 3.91. The summed E-state index contributed by atoms with van der Waals surface area (Å²) in [5, 5.41) is 3.69. The molecule has 1 heterocycles. The highest BCUT2D eigenvalue weighted by Crippen LogP contribution is 2.31. The number of hydrogen-bond donors (Lipinski definition) is 1. The SMILES string of the molecule is Cc1cc(C(C)Oc2c(N)ccc(F)c2F)on1. The van der Waals surface area contributed by atoms with E-state index >= 15 is 0 Å². The summed E-state index contributed by atoms with van der Waals surface area (Å²) in [5.41, 5.74) is 6.24. The Morgan fingerprint density at radius 2 is 2.11 bits per heavy atom. The Morgan fingerprint density at radius 1 is 1.39 bits per heavy atom. The van der Waals surface area contributed by atoms with Crippen LogP contribution in [-0.4, -0.2) is 5.16 Å². The average Bonchev–Trinajstić information content (AvgIpc) is 2.76. The molecule has 96 valence electrons. The van der Waals surface area contributed by atoms with E-state index in [0.29, 0.717) is 11.5 Å². The molecule has 1 atom stereocenters.